The smallest absolute Gasteiger partial charge is 0.274 e. The number of nitrogens with one attached hydrogen (secondary N) is 1. The summed E-state index contributed by atoms with van der Waals surface area (Å²) in [5.74, 6) is -1.05. The minimum Gasteiger partial charge on any atom is -0.392 e. The van der Waals surface area contributed by atoms with E-state index in [2.05, 4.69) is 50.5 Å². The van der Waals surface area contributed by atoms with Crippen molar-refractivity contribution in [2.24, 2.45) is 11.1 Å². The molecule has 4 aliphatic rings. The predicted molar refractivity (Wildman–Crippen MR) is 186 cm³/mol. The molecular weight excluding hydrogens is 641 g/mol. The zero-order valence-corrected chi connectivity index (χ0v) is 28.5. The normalized spacial score (nSPS) is 20.5. The minimum absolute atomic E-state index is 0.0552. The molecule has 2 saturated heterocycles. The van der Waals surface area contributed by atoms with Gasteiger partial charge in [0.15, 0.2) is 5.82 Å². The van der Waals surface area contributed by atoms with Gasteiger partial charge in [-0.3, -0.25) is 14.5 Å². The lowest BCUT2D eigenvalue weighted by atomic mass is 9.90. The molecule has 8 rings (SSSR count). The molecule has 0 saturated carbocycles. The topological polar surface area (TPSA) is 147 Å². The van der Waals surface area contributed by atoms with Crippen molar-refractivity contribution >= 4 is 34.8 Å². The van der Waals surface area contributed by atoms with E-state index in [4.69, 9.17) is 10.5 Å². The van der Waals surface area contributed by atoms with Gasteiger partial charge in [-0.25, -0.2) is 14.1 Å². The summed E-state index contributed by atoms with van der Waals surface area (Å²) >= 11 is 0. The van der Waals surface area contributed by atoms with Crippen LogP contribution in [0.15, 0.2) is 42.7 Å². The molecule has 4 N–H and O–H groups in total. The van der Waals surface area contributed by atoms with Crippen LogP contribution in [0, 0.1) is 11.2 Å². The number of fused-ring (bicyclic) bond motifs is 3. The van der Waals surface area contributed by atoms with Gasteiger partial charge in [0.05, 0.1) is 49.1 Å². The Labute approximate surface area is 289 Å². The number of aromatic nitrogens is 4. The number of halogens is 1. The van der Waals surface area contributed by atoms with Crippen molar-refractivity contribution in [2.75, 3.05) is 54.5 Å². The molecule has 6 heterocycles. The van der Waals surface area contributed by atoms with Gasteiger partial charge in [0.25, 0.3) is 11.8 Å². The van der Waals surface area contributed by atoms with Crippen molar-refractivity contribution in [3.05, 3.63) is 76.6 Å². The van der Waals surface area contributed by atoms with Crippen LogP contribution >= 0.6 is 0 Å². The molecule has 0 radical (unpaired) electrons. The zero-order chi connectivity index (χ0) is 34.9. The van der Waals surface area contributed by atoms with E-state index in [1.807, 2.05) is 18.2 Å². The van der Waals surface area contributed by atoms with Crippen LogP contribution in [0.3, 0.4) is 0 Å². The van der Waals surface area contributed by atoms with Gasteiger partial charge in [-0.1, -0.05) is 13.8 Å². The first-order valence-electron chi connectivity index (χ1n) is 17.2. The van der Waals surface area contributed by atoms with E-state index < -0.39 is 18.3 Å². The molecule has 1 atom stereocenters. The number of aliphatic hydroxyl groups is 1. The van der Waals surface area contributed by atoms with Gasteiger partial charge >= 0.3 is 0 Å². The Bertz CT molecular complexity index is 1980. The SMILES string of the molecule is C[C@H]1CN(C2COC2)CCN1c1ccc(Nc2nn(-c3cc(F)cc(N4CCn5c(cc6c5CC(C)(C)C6)C4=O)c3CO)cc2C(N)=O)nc1. The number of nitrogens with two attached hydrogens (primary N) is 1. The number of carbonyl (C=O) groups excluding carboxylic acids is 2. The standard InChI is InChI=1S/C36H42FN9O4/c1-21-16-42(25-19-50-20-25)6-7-43(21)24-4-5-32(39-15-24)40-34-26(33(38)48)17-46(41-34)29-12-23(37)11-28(27(29)18-47)45-9-8-44-30(35(45)49)10-22-13-36(2,3)14-31(22)44/h4-5,10-12,15,17,21,25,47H,6-9,13-14,16,18-20H2,1-3H3,(H2,38,48)(H,39,40,41)/t21-/m0/s1. The number of aliphatic hydroxyl groups excluding tert-OH is 1. The number of piperazine rings is 1. The van der Waals surface area contributed by atoms with Crippen molar-refractivity contribution < 1.29 is 23.8 Å². The fourth-order valence-electron chi connectivity index (χ4n) is 8.01. The Hall–Kier alpha value is -4.79. The van der Waals surface area contributed by atoms with Crippen LogP contribution in [0.5, 0.6) is 0 Å². The molecule has 50 heavy (non-hydrogen) atoms. The second-order valence-corrected chi connectivity index (χ2v) is 14.7. The Kier molecular flexibility index (Phi) is 7.92. The highest BCUT2D eigenvalue weighted by molar-refractivity contribution is 6.07. The van der Waals surface area contributed by atoms with E-state index in [1.165, 1.54) is 39.2 Å². The minimum atomic E-state index is -0.746. The Morgan fingerprint density at radius 2 is 1.92 bits per heavy atom. The molecule has 1 aromatic carbocycles. The molecule has 262 valence electrons. The molecule has 14 heteroatoms. The fraction of sp³-hybridized carbons (Fsp3) is 0.444. The first-order chi connectivity index (χ1) is 24.0. The lowest BCUT2D eigenvalue weighted by Crippen LogP contribution is -2.59. The summed E-state index contributed by atoms with van der Waals surface area (Å²) < 4.78 is 24.1. The molecule has 0 unspecified atom stereocenters. The average molecular weight is 684 g/mol. The molecule has 1 aliphatic carbocycles. The average Bonchev–Trinajstić information content (AvgIpc) is 3.71. The van der Waals surface area contributed by atoms with Gasteiger partial charge in [0.2, 0.25) is 0 Å². The zero-order valence-electron chi connectivity index (χ0n) is 28.5. The second kappa shape index (κ2) is 12.2. The third-order valence-corrected chi connectivity index (χ3v) is 10.6. The van der Waals surface area contributed by atoms with Crippen molar-refractivity contribution in [3.63, 3.8) is 0 Å². The van der Waals surface area contributed by atoms with E-state index >= 15 is 4.39 Å². The first kappa shape index (κ1) is 32.4. The van der Waals surface area contributed by atoms with E-state index in [0.29, 0.717) is 42.2 Å². The maximum atomic E-state index is 15.3. The van der Waals surface area contributed by atoms with Gasteiger partial charge in [-0.15, -0.1) is 5.10 Å². The molecule has 3 aromatic heterocycles. The summed E-state index contributed by atoms with van der Waals surface area (Å²) in [6, 6.07) is 9.02. The van der Waals surface area contributed by atoms with Crippen LogP contribution in [-0.2, 0) is 30.7 Å². The molecular formula is C36H42FN9O4. The number of nitrogens with zero attached hydrogens (tertiary/aromatic N) is 7. The number of hydrogen-bond acceptors (Lipinski definition) is 9. The van der Waals surface area contributed by atoms with Crippen LogP contribution in [0.4, 0.5) is 27.4 Å². The van der Waals surface area contributed by atoms with Crippen LogP contribution in [-0.4, -0.2) is 92.6 Å². The number of carbonyl (C=O) groups is 2. The summed E-state index contributed by atoms with van der Waals surface area (Å²) in [7, 11) is 0. The van der Waals surface area contributed by atoms with E-state index in [-0.39, 0.29) is 34.1 Å². The summed E-state index contributed by atoms with van der Waals surface area (Å²) in [6.45, 7) is 11.4. The largest absolute Gasteiger partial charge is 0.392 e. The molecule has 2 fully saturated rings. The summed E-state index contributed by atoms with van der Waals surface area (Å²) in [5.41, 5.74) is 10.6. The fourth-order valence-corrected chi connectivity index (χ4v) is 8.01. The van der Waals surface area contributed by atoms with Gasteiger partial charge < -0.3 is 35.3 Å². The van der Waals surface area contributed by atoms with Crippen molar-refractivity contribution in [1.29, 1.82) is 0 Å². The molecule has 0 spiro atoms. The number of anilines is 4. The van der Waals surface area contributed by atoms with E-state index in [9.17, 15) is 14.7 Å². The highest BCUT2D eigenvalue weighted by Gasteiger charge is 2.38. The van der Waals surface area contributed by atoms with Crippen LogP contribution in [0.25, 0.3) is 5.69 Å². The number of rotatable bonds is 8. The van der Waals surface area contributed by atoms with Gasteiger partial charge in [0.1, 0.15) is 22.9 Å². The second-order valence-electron chi connectivity index (χ2n) is 14.7. The third kappa shape index (κ3) is 5.60. The number of hydrogen-bond donors (Lipinski definition) is 3. The van der Waals surface area contributed by atoms with Crippen LogP contribution in [0.2, 0.25) is 0 Å². The highest BCUT2D eigenvalue weighted by Crippen LogP contribution is 2.40. The number of ether oxygens (including phenoxy) is 1. The molecule has 0 bridgehead atoms. The molecule has 4 aromatic rings. The Morgan fingerprint density at radius 1 is 1.12 bits per heavy atom. The van der Waals surface area contributed by atoms with E-state index in [1.54, 1.807) is 6.20 Å². The van der Waals surface area contributed by atoms with Crippen LogP contribution < -0.4 is 20.9 Å². The van der Waals surface area contributed by atoms with Gasteiger partial charge in [0, 0.05) is 62.3 Å². The lowest BCUT2D eigenvalue weighted by Gasteiger charge is -2.46. The quantitative estimate of drug-likeness (QED) is 0.255. The van der Waals surface area contributed by atoms with Gasteiger partial charge in [-0.2, -0.15) is 0 Å². The molecule has 3 aliphatic heterocycles. The highest BCUT2D eigenvalue weighted by atomic mass is 19.1. The van der Waals surface area contributed by atoms with Crippen molar-refractivity contribution in [3.8, 4) is 5.69 Å². The monoisotopic (exact) mass is 683 g/mol. The number of benzene rings is 1. The maximum Gasteiger partial charge on any atom is 0.274 e. The van der Waals surface area contributed by atoms with Gasteiger partial charge in [-0.05, 0) is 55.0 Å². The number of primary amides is 1. The van der Waals surface area contributed by atoms with E-state index in [0.717, 1.165) is 51.4 Å². The Balaban J connectivity index is 1.05. The first-order valence-corrected chi connectivity index (χ1v) is 17.2. The van der Waals surface area contributed by atoms with Crippen LogP contribution in [0.1, 0.15) is 58.4 Å². The number of amides is 2. The number of pyridine rings is 1. The Morgan fingerprint density at radius 3 is 2.60 bits per heavy atom. The summed E-state index contributed by atoms with van der Waals surface area (Å²) in [5, 5.41) is 18.2. The third-order valence-electron chi connectivity index (χ3n) is 10.6. The summed E-state index contributed by atoms with van der Waals surface area (Å²) in [4.78, 5) is 37.3. The molecule has 13 nitrogen and oxygen atoms in total. The van der Waals surface area contributed by atoms with Crippen molar-refractivity contribution in [2.45, 2.75) is 58.8 Å². The summed E-state index contributed by atoms with van der Waals surface area (Å²) in [6.07, 6.45) is 4.96. The van der Waals surface area contributed by atoms with Crippen molar-refractivity contribution in [1.82, 2.24) is 24.2 Å². The molecule has 2 amide bonds. The predicted octanol–water partition coefficient (Wildman–Crippen LogP) is 3.24. The lowest BCUT2D eigenvalue weighted by molar-refractivity contribution is -0.0691. The maximum absolute atomic E-state index is 15.3.